The van der Waals surface area contributed by atoms with Gasteiger partial charge >= 0.3 is 0 Å². The van der Waals surface area contributed by atoms with Gasteiger partial charge in [0, 0.05) is 42.8 Å². The van der Waals surface area contributed by atoms with Crippen LogP contribution in [-0.2, 0) is 0 Å². The maximum absolute atomic E-state index is 5.29. The van der Waals surface area contributed by atoms with Crippen molar-refractivity contribution in [3.63, 3.8) is 0 Å². The number of aliphatic imine (C=N–C) groups is 1. The number of rotatable bonds is 7. The highest BCUT2D eigenvalue weighted by molar-refractivity contribution is 7.25. The van der Waals surface area contributed by atoms with E-state index in [4.69, 9.17) is 10.3 Å². The Morgan fingerprint density at radius 3 is 1.91 bits per heavy atom. The van der Waals surface area contributed by atoms with Crippen LogP contribution in [0.15, 0.2) is 199 Å². The molecule has 258 valence electrons. The van der Waals surface area contributed by atoms with Crippen LogP contribution in [-0.4, -0.2) is 5.84 Å². The number of hydrogen-bond acceptors (Lipinski definition) is 4. The molecule has 1 aliphatic heterocycles. The van der Waals surface area contributed by atoms with Gasteiger partial charge in [-0.25, -0.2) is 0 Å². The highest BCUT2D eigenvalue weighted by Crippen LogP contribution is 2.43. The van der Waals surface area contributed by atoms with E-state index < -0.39 is 0 Å². The minimum Gasteiger partial charge on any atom is -0.613 e. The van der Waals surface area contributed by atoms with E-state index in [9.17, 15) is 0 Å². The van der Waals surface area contributed by atoms with Gasteiger partial charge in [-0.3, -0.25) is 4.99 Å². The van der Waals surface area contributed by atoms with Crippen molar-refractivity contribution in [2.45, 2.75) is 12.3 Å². The van der Waals surface area contributed by atoms with Crippen LogP contribution >= 0.6 is 11.3 Å². The van der Waals surface area contributed by atoms with E-state index in [0.29, 0.717) is 0 Å². The fourth-order valence-electron chi connectivity index (χ4n) is 7.69. The Bertz CT molecular complexity index is 2730. The Kier molecular flexibility index (Phi) is 8.21. The molecule has 9 aromatic rings. The van der Waals surface area contributed by atoms with Crippen LogP contribution in [0.2, 0.25) is 0 Å². The van der Waals surface area contributed by atoms with Crippen molar-refractivity contribution in [2.75, 3.05) is 4.90 Å². The third-order valence-corrected chi connectivity index (χ3v) is 11.4. The molecule has 1 aliphatic rings. The molecule has 54 heavy (non-hydrogen) atoms. The SMILES string of the molecule is c1ccc(C2N=C(c3cccc4sc5cc(-c6ccc(N(c7ccccc7)c7ccccc7)cc6)ccc5c34)NC(c3cccc4ccccc34)[N-]2)cc1. The first-order valence-electron chi connectivity index (χ1n) is 18.3. The molecular formula is C49H35N4S-. The molecule has 10 rings (SSSR count). The molecule has 0 saturated heterocycles. The van der Waals surface area contributed by atoms with Crippen LogP contribution in [0.1, 0.15) is 29.0 Å². The number of nitrogens with zero attached hydrogens (tertiary/aromatic N) is 3. The fraction of sp³-hybridized carbons (Fsp3) is 0.0408. The number of anilines is 3. The zero-order chi connectivity index (χ0) is 35.8. The van der Waals surface area contributed by atoms with Crippen LogP contribution in [0.5, 0.6) is 0 Å². The molecule has 0 spiro atoms. The molecule has 0 saturated carbocycles. The first-order valence-corrected chi connectivity index (χ1v) is 19.1. The second-order valence-electron chi connectivity index (χ2n) is 13.6. The lowest BCUT2D eigenvalue weighted by atomic mass is 9.99. The minimum absolute atomic E-state index is 0.261. The number of hydrogen-bond donors (Lipinski definition) is 1. The van der Waals surface area contributed by atoms with Crippen LogP contribution in [0.4, 0.5) is 17.1 Å². The molecule has 1 aromatic heterocycles. The number of benzene rings is 8. The summed E-state index contributed by atoms with van der Waals surface area (Å²) in [6, 6.07) is 68.8. The van der Waals surface area contributed by atoms with Gasteiger partial charge in [-0.2, -0.15) is 0 Å². The van der Waals surface area contributed by atoms with E-state index in [2.05, 4.69) is 198 Å². The molecule has 0 aliphatic carbocycles. The molecular weight excluding hydrogens is 677 g/mol. The lowest BCUT2D eigenvalue weighted by molar-refractivity contribution is 0.635. The Labute approximate surface area is 318 Å². The summed E-state index contributed by atoms with van der Waals surface area (Å²) in [7, 11) is 0. The third-order valence-electron chi connectivity index (χ3n) is 10.3. The second kappa shape index (κ2) is 13.8. The second-order valence-corrected chi connectivity index (χ2v) is 14.7. The summed E-state index contributed by atoms with van der Waals surface area (Å²) in [5.41, 5.74) is 9.07. The predicted molar refractivity (Wildman–Crippen MR) is 228 cm³/mol. The molecule has 2 atom stereocenters. The summed E-state index contributed by atoms with van der Waals surface area (Å²) in [6.45, 7) is 0. The van der Waals surface area contributed by atoms with Gasteiger partial charge in [-0.05, 0) is 93.9 Å². The highest BCUT2D eigenvalue weighted by Gasteiger charge is 2.21. The molecule has 2 unspecified atom stereocenters. The monoisotopic (exact) mass is 711 g/mol. The van der Waals surface area contributed by atoms with Gasteiger partial charge in [0.05, 0.1) is 0 Å². The zero-order valence-corrected chi connectivity index (χ0v) is 30.2. The van der Waals surface area contributed by atoms with Gasteiger partial charge in [0.2, 0.25) is 0 Å². The molecule has 2 heterocycles. The summed E-state index contributed by atoms with van der Waals surface area (Å²) in [6.07, 6.45) is -0.593. The number of thiophene rings is 1. The van der Waals surface area contributed by atoms with E-state index in [1.165, 1.54) is 42.1 Å². The summed E-state index contributed by atoms with van der Waals surface area (Å²) in [4.78, 5) is 7.58. The molecule has 1 N–H and O–H groups in total. The average molecular weight is 712 g/mol. The van der Waals surface area contributed by atoms with E-state index >= 15 is 0 Å². The first-order chi connectivity index (χ1) is 26.8. The Morgan fingerprint density at radius 2 is 1.15 bits per heavy atom. The molecule has 0 radical (unpaired) electrons. The normalized spacial score (nSPS) is 15.6. The predicted octanol–water partition coefficient (Wildman–Crippen LogP) is 13.5. The summed E-state index contributed by atoms with van der Waals surface area (Å²) < 4.78 is 2.49. The van der Waals surface area contributed by atoms with E-state index in [-0.39, 0.29) is 12.3 Å². The largest absolute Gasteiger partial charge is 0.613 e. The lowest BCUT2D eigenvalue weighted by Crippen LogP contribution is -2.34. The van der Waals surface area contributed by atoms with Crippen molar-refractivity contribution < 1.29 is 0 Å². The van der Waals surface area contributed by atoms with Gasteiger partial charge in [-0.1, -0.05) is 146 Å². The van der Waals surface area contributed by atoms with Gasteiger partial charge in [-0.15, -0.1) is 11.3 Å². The number of fused-ring (bicyclic) bond motifs is 4. The Hall–Kier alpha value is -6.53. The third kappa shape index (κ3) is 5.90. The number of para-hydroxylation sites is 2. The van der Waals surface area contributed by atoms with E-state index in [1.807, 2.05) is 17.4 Å². The Balaban J connectivity index is 1.03. The van der Waals surface area contributed by atoms with Crippen LogP contribution in [0, 0.1) is 0 Å². The molecule has 0 fully saturated rings. The number of nitrogens with one attached hydrogen (secondary N) is 1. The zero-order valence-electron chi connectivity index (χ0n) is 29.4. The van der Waals surface area contributed by atoms with Crippen LogP contribution in [0.25, 0.3) is 47.4 Å². The summed E-state index contributed by atoms with van der Waals surface area (Å²) in [5.74, 6) is 0.864. The maximum atomic E-state index is 5.29. The van der Waals surface area contributed by atoms with Crippen molar-refractivity contribution in [2.24, 2.45) is 4.99 Å². The molecule has 8 aromatic carbocycles. The smallest absolute Gasteiger partial charge is 0.126 e. The van der Waals surface area contributed by atoms with Gasteiger partial charge < -0.3 is 15.5 Å². The minimum atomic E-state index is -0.333. The molecule has 0 amide bonds. The van der Waals surface area contributed by atoms with Gasteiger partial charge in [0.15, 0.2) is 0 Å². The number of amidine groups is 1. The maximum Gasteiger partial charge on any atom is 0.126 e. The molecule has 4 nitrogen and oxygen atoms in total. The average Bonchev–Trinajstić information content (AvgIpc) is 3.63. The van der Waals surface area contributed by atoms with Gasteiger partial charge in [0.25, 0.3) is 0 Å². The molecule has 0 bridgehead atoms. The van der Waals surface area contributed by atoms with Crippen molar-refractivity contribution in [3.05, 3.63) is 216 Å². The van der Waals surface area contributed by atoms with E-state index in [1.54, 1.807) is 0 Å². The van der Waals surface area contributed by atoms with Crippen LogP contribution in [0.3, 0.4) is 0 Å². The van der Waals surface area contributed by atoms with Crippen molar-refractivity contribution in [3.8, 4) is 11.1 Å². The summed E-state index contributed by atoms with van der Waals surface area (Å²) in [5, 5.41) is 13.9. The topological polar surface area (TPSA) is 41.7 Å². The van der Waals surface area contributed by atoms with Crippen LogP contribution < -0.4 is 10.2 Å². The van der Waals surface area contributed by atoms with Crippen molar-refractivity contribution in [1.29, 1.82) is 0 Å². The lowest BCUT2D eigenvalue weighted by Gasteiger charge is -2.44. The first kappa shape index (κ1) is 32.1. The highest BCUT2D eigenvalue weighted by atomic mass is 32.1. The summed E-state index contributed by atoms with van der Waals surface area (Å²) >= 11 is 1.83. The molecule has 5 heteroatoms. The Morgan fingerprint density at radius 1 is 0.519 bits per heavy atom. The standard InChI is InChI=1S/C49H35N4S/c1-4-15-35(16-5-1)47-50-48(41-23-12-17-34-14-10-11-22-40(34)41)52-49(51-47)43-24-13-25-44-46(43)42-31-28-36(32-45(42)54-44)33-26-29-39(30-27-33)53(37-18-6-2-7-19-37)38-20-8-3-9-21-38/h1-32,47-48H,(H,51,52)/q-1. The quantitative estimate of drug-likeness (QED) is 0.179. The fourth-order valence-corrected chi connectivity index (χ4v) is 8.86. The van der Waals surface area contributed by atoms with Crippen molar-refractivity contribution in [1.82, 2.24) is 5.32 Å². The van der Waals surface area contributed by atoms with Gasteiger partial charge in [0.1, 0.15) is 5.84 Å². The van der Waals surface area contributed by atoms with E-state index in [0.717, 1.165) is 39.6 Å². The van der Waals surface area contributed by atoms with Crippen molar-refractivity contribution >= 4 is 65.2 Å².